The molecule has 0 nitrogen and oxygen atoms in total. The predicted molar refractivity (Wildman–Crippen MR) is 35.0 cm³/mol. The van der Waals surface area contributed by atoms with Crippen molar-refractivity contribution in [1.29, 1.82) is 0 Å². The molecule has 0 aliphatic rings. The number of hydrogen-bond donors (Lipinski definition) is 0. The van der Waals surface area contributed by atoms with E-state index in [1.54, 1.807) is 19.1 Å². The van der Waals surface area contributed by atoms with Gasteiger partial charge < -0.3 is 0 Å². The zero-order valence-electron chi connectivity index (χ0n) is 5.73. The Kier molecular flexibility index (Phi) is 8.28. The van der Waals surface area contributed by atoms with Crippen LogP contribution in [0.2, 0.25) is 5.02 Å². The summed E-state index contributed by atoms with van der Waals surface area (Å²) < 4.78 is 12.4. The van der Waals surface area contributed by atoms with Crippen LogP contribution in [-0.2, 0) is 42.1 Å². The van der Waals surface area contributed by atoms with Crippen molar-refractivity contribution in [2.75, 3.05) is 0 Å². The van der Waals surface area contributed by atoms with Crippen molar-refractivity contribution in [3.05, 3.63) is 34.6 Å². The first-order valence-electron chi connectivity index (χ1n) is 2.54. The molecule has 60 valence electrons. The normalized spacial score (nSPS) is 7.91. The van der Waals surface area contributed by atoms with Gasteiger partial charge in [-0.25, -0.2) is 4.39 Å². The van der Waals surface area contributed by atoms with Crippen LogP contribution in [0, 0.1) is 18.8 Å². The molecule has 4 heteroatoms. The summed E-state index contributed by atoms with van der Waals surface area (Å²) in [6.45, 7) is 1.67. The maximum atomic E-state index is 12.4. The van der Waals surface area contributed by atoms with E-state index in [9.17, 15) is 4.39 Å². The average Bonchev–Trinajstić information content (AvgIpc) is 1.80. The number of aryl methyl sites for hydroxylation is 1. The molecule has 1 aromatic carbocycles. The Morgan fingerprint density at radius 1 is 1.36 bits per heavy atom. The molecule has 1 aromatic rings. The van der Waals surface area contributed by atoms with Gasteiger partial charge >= 0.3 is 0 Å². The molecule has 0 bridgehead atoms. The van der Waals surface area contributed by atoms with E-state index in [2.05, 4.69) is 6.07 Å². The topological polar surface area (TPSA) is 0 Å². The molecule has 0 fully saturated rings. The fraction of sp³-hybridized carbons (Fsp3) is 0.143. The second-order valence-electron chi connectivity index (χ2n) is 1.80. The van der Waals surface area contributed by atoms with Crippen molar-refractivity contribution in [2.24, 2.45) is 0 Å². The molecule has 0 saturated heterocycles. The van der Waals surface area contributed by atoms with E-state index < -0.39 is 0 Å². The minimum Gasteiger partial charge on any atom is -0.236 e. The van der Waals surface area contributed by atoms with Crippen molar-refractivity contribution in [3.63, 3.8) is 0 Å². The minimum absolute atomic E-state index is 0. The molecule has 0 N–H and O–H groups in total. The Morgan fingerprint density at radius 2 is 1.91 bits per heavy atom. The number of rotatable bonds is 0. The van der Waals surface area contributed by atoms with Gasteiger partial charge in [0.05, 0.1) is 0 Å². The quantitative estimate of drug-likeness (QED) is 0.471. The van der Waals surface area contributed by atoms with Gasteiger partial charge in [-0.1, -0.05) is 11.9 Å². The number of halogens is 2. The largest absolute Gasteiger partial charge is 0.236 e. The first kappa shape index (κ1) is 14.3. The van der Waals surface area contributed by atoms with Crippen LogP contribution in [0.4, 0.5) is 4.39 Å². The summed E-state index contributed by atoms with van der Waals surface area (Å²) >= 11 is 5.42. The van der Waals surface area contributed by atoms with Gasteiger partial charge in [-0.15, -0.1) is 23.2 Å². The fourth-order valence-electron chi connectivity index (χ4n) is 0.516. The van der Waals surface area contributed by atoms with Gasteiger partial charge in [0.2, 0.25) is 0 Å². The Hall–Kier alpha value is 0.817. The summed E-state index contributed by atoms with van der Waals surface area (Å²) in [7, 11) is 0. The molecule has 0 amide bonds. The zero-order chi connectivity index (χ0) is 6.85. The van der Waals surface area contributed by atoms with Crippen LogP contribution in [0.25, 0.3) is 0 Å². The summed E-state index contributed by atoms with van der Waals surface area (Å²) in [4.78, 5) is 0. The molecule has 0 atom stereocenters. The van der Waals surface area contributed by atoms with Gasteiger partial charge in [0, 0.05) is 47.9 Å². The van der Waals surface area contributed by atoms with Gasteiger partial charge in [0.25, 0.3) is 0 Å². The molecular weight excluding hydrogens is 506 g/mol. The summed E-state index contributed by atoms with van der Waals surface area (Å²) in [5.41, 5.74) is 0.569. The second-order valence-corrected chi connectivity index (χ2v) is 2.21. The van der Waals surface area contributed by atoms with E-state index >= 15 is 0 Å². The maximum absolute atomic E-state index is 12.4. The molecule has 0 unspecified atom stereocenters. The molecule has 0 saturated carbocycles. The van der Waals surface area contributed by atoms with Crippen LogP contribution in [0.3, 0.4) is 0 Å². The van der Waals surface area contributed by atoms with Gasteiger partial charge in [0.15, 0.2) is 0 Å². The minimum atomic E-state index is -0.373. The van der Waals surface area contributed by atoms with Gasteiger partial charge in [-0.05, 0) is 0 Å². The van der Waals surface area contributed by atoms with Crippen molar-refractivity contribution in [3.8, 4) is 0 Å². The third kappa shape index (κ3) is 4.40. The molecule has 0 radical (unpaired) electrons. The molecule has 0 heterocycles. The molecule has 11 heavy (non-hydrogen) atoms. The van der Waals surface area contributed by atoms with Crippen LogP contribution in [0.1, 0.15) is 5.56 Å². The summed E-state index contributed by atoms with van der Waals surface area (Å²) in [6, 6.07) is 5.57. The number of benzene rings is 1. The second kappa shape index (κ2) is 6.35. The standard InChI is InChI=1S/C7H5ClF.2W/c1-5-2-3-6(8)4-7(5)9;;/h2-3H,1H3;;/q-1;;. The third-order valence-corrected chi connectivity index (χ3v) is 1.28. The molecule has 0 aliphatic heterocycles. The van der Waals surface area contributed by atoms with E-state index in [1.807, 2.05) is 0 Å². The van der Waals surface area contributed by atoms with E-state index in [0.717, 1.165) is 0 Å². The van der Waals surface area contributed by atoms with E-state index in [4.69, 9.17) is 11.6 Å². The molecule has 0 aromatic heterocycles. The van der Waals surface area contributed by atoms with Crippen LogP contribution < -0.4 is 0 Å². The monoisotopic (exact) mass is 511 g/mol. The van der Waals surface area contributed by atoms with E-state index in [0.29, 0.717) is 10.6 Å². The Bertz CT molecular complexity index is 228. The number of hydrogen-bond acceptors (Lipinski definition) is 0. The maximum Gasteiger partial charge on any atom is 0.0151 e. The Balaban J connectivity index is 0. The van der Waals surface area contributed by atoms with Gasteiger partial charge in [-0.2, -0.15) is 12.1 Å². The summed E-state index contributed by atoms with van der Waals surface area (Å²) in [5.74, 6) is -0.373. The Morgan fingerprint density at radius 3 is 2.27 bits per heavy atom. The molecule has 1 rings (SSSR count). The smallest absolute Gasteiger partial charge is 0.0151 e. The fourth-order valence-corrected chi connectivity index (χ4v) is 0.662. The van der Waals surface area contributed by atoms with Crippen LogP contribution in [-0.4, -0.2) is 0 Å². The van der Waals surface area contributed by atoms with E-state index in [-0.39, 0.29) is 47.9 Å². The first-order valence-corrected chi connectivity index (χ1v) is 2.92. The van der Waals surface area contributed by atoms with Gasteiger partial charge in [-0.3, -0.25) is 0 Å². The SMILES string of the molecule is Cc1ccc(Cl)[c-]c1F.[W].[W]. The molecule has 0 aliphatic carbocycles. The third-order valence-electron chi connectivity index (χ3n) is 1.06. The average molecular weight is 511 g/mol. The summed E-state index contributed by atoms with van der Waals surface area (Å²) in [6.07, 6.45) is 0. The molecular formula is C7H5ClFW2-. The van der Waals surface area contributed by atoms with Crippen LogP contribution in [0.15, 0.2) is 12.1 Å². The van der Waals surface area contributed by atoms with Crippen LogP contribution >= 0.6 is 11.6 Å². The van der Waals surface area contributed by atoms with Crippen molar-refractivity contribution >= 4 is 11.6 Å². The van der Waals surface area contributed by atoms with E-state index in [1.165, 1.54) is 0 Å². The first-order chi connectivity index (χ1) is 4.20. The van der Waals surface area contributed by atoms with Crippen LogP contribution in [0.5, 0.6) is 0 Å². The predicted octanol–water partition coefficient (Wildman–Crippen LogP) is 2.58. The molecule has 0 spiro atoms. The Labute approximate surface area is 99.0 Å². The summed E-state index contributed by atoms with van der Waals surface area (Å²) in [5, 5.41) is 0.318. The van der Waals surface area contributed by atoms with Gasteiger partial charge in [0.1, 0.15) is 0 Å². The van der Waals surface area contributed by atoms with Crippen molar-refractivity contribution in [1.82, 2.24) is 0 Å². The van der Waals surface area contributed by atoms with Crippen molar-refractivity contribution < 1.29 is 46.5 Å². The van der Waals surface area contributed by atoms with Crippen molar-refractivity contribution in [2.45, 2.75) is 6.92 Å². The zero-order valence-corrected chi connectivity index (χ0v) is 12.3.